The van der Waals surface area contributed by atoms with E-state index in [4.69, 9.17) is 4.74 Å². The number of amides is 1. The highest BCUT2D eigenvalue weighted by atomic mass is 32.2. The molecule has 7 heteroatoms. The number of dihydropyridines is 1. The number of allylic oxidation sites excluding steroid dienone is 2. The first-order valence-electron chi connectivity index (χ1n) is 11.2. The average molecular weight is 488 g/mol. The van der Waals surface area contributed by atoms with Gasteiger partial charge in [0.2, 0.25) is 5.91 Å². The van der Waals surface area contributed by atoms with Crippen molar-refractivity contribution in [2.75, 3.05) is 17.7 Å². The summed E-state index contributed by atoms with van der Waals surface area (Å²) in [6.07, 6.45) is 1.50. The Morgan fingerprint density at radius 3 is 2.40 bits per heavy atom. The van der Waals surface area contributed by atoms with E-state index in [-0.39, 0.29) is 18.3 Å². The SMILES string of the molecule is C=CCOC(=O)C1=C(C)NC(SCC(=O)Nc2c(C)cccc2C)=C(C#N)C1c1ccc(C)cc1. The number of aryl methyl sites for hydroxylation is 3. The van der Waals surface area contributed by atoms with Gasteiger partial charge in [-0.25, -0.2) is 4.79 Å². The Labute approximate surface area is 210 Å². The van der Waals surface area contributed by atoms with Crippen LogP contribution in [-0.4, -0.2) is 24.2 Å². The molecular weight excluding hydrogens is 458 g/mol. The lowest BCUT2D eigenvalue weighted by molar-refractivity contribution is -0.138. The molecule has 0 radical (unpaired) electrons. The number of benzene rings is 2. The number of carbonyl (C=O) groups excluding carboxylic acids is 2. The van der Waals surface area contributed by atoms with E-state index in [1.807, 2.05) is 63.2 Å². The maximum atomic E-state index is 12.9. The topological polar surface area (TPSA) is 91.2 Å². The Kier molecular flexibility index (Phi) is 8.56. The van der Waals surface area contributed by atoms with Crippen LogP contribution in [0.1, 0.15) is 35.1 Å². The molecule has 35 heavy (non-hydrogen) atoms. The highest BCUT2D eigenvalue weighted by Gasteiger charge is 2.35. The van der Waals surface area contributed by atoms with Crippen LogP contribution in [0.3, 0.4) is 0 Å². The molecule has 1 aliphatic rings. The molecule has 3 rings (SSSR count). The van der Waals surface area contributed by atoms with Crippen LogP contribution < -0.4 is 10.6 Å². The number of hydrogen-bond donors (Lipinski definition) is 2. The number of rotatable bonds is 8. The van der Waals surface area contributed by atoms with Crippen molar-refractivity contribution in [2.24, 2.45) is 0 Å². The lowest BCUT2D eigenvalue weighted by Crippen LogP contribution is -2.29. The fraction of sp³-hybridized carbons (Fsp3) is 0.250. The summed E-state index contributed by atoms with van der Waals surface area (Å²) >= 11 is 1.24. The van der Waals surface area contributed by atoms with Gasteiger partial charge in [0, 0.05) is 11.4 Å². The standard InChI is InChI=1S/C28H29N3O3S/c1-6-14-34-28(33)24-20(5)30-27(22(15-29)25(24)21-12-10-17(2)11-13-21)35-16-23(32)31-26-18(3)8-7-9-19(26)4/h6-13,25,30H,1,14,16H2,2-5H3,(H,31,32). The van der Waals surface area contributed by atoms with Gasteiger partial charge in [0.1, 0.15) is 6.61 Å². The molecule has 0 saturated heterocycles. The molecule has 180 valence electrons. The summed E-state index contributed by atoms with van der Waals surface area (Å²) in [5.41, 5.74) is 5.96. The number of nitrogens with zero attached hydrogens (tertiary/aromatic N) is 1. The number of thioether (sulfide) groups is 1. The van der Waals surface area contributed by atoms with Crippen molar-refractivity contribution in [1.82, 2.24) is 5.32 Å². The monoisotopic (exact) mass is 487 g/mol. The Morgan fingerprint density at radius 2 is 1.80 bits per heavy atom. The van der Waals surface area contributed by atoms with Crippen LogP contribution in [0.15, 0.2) is 77.0 Å². The minimum absolute atomic E-state index is 0.0714. The van der Waals surface area contributed by atoms with Gasteiger partial charge in [-0.3, -0.25) is 4.79 Å². The van der Waals surface area contributed by atoms with Gasteiger partial charge < -0.3 is 15.4 Å². The molecule has 0 bridgehead atoms. The van der Waals surface area contributed by atoms with Crippen molar-refractivity contribution in [3.8, 4) is 6.07 Å². The zero-order chi connectivity index (χ0) is 25.5. The van der Waals surface area contributed by atoms with Gasteiger partial charge in [-0.2, -0.15) is 5.26 Å². The Balaban J connectivity index is 1.91. The van der Waals surface area contributed by atoms with Crippen LogP contribution in [0.2, 0.25) is 0 Å². The highest BCUT2D eigenvalue weighted by molar-refractivity contribution is 8.03. The average Bonchev–Trinajstić information content (AvgIpc) is 2.83. The van der Waals surface area contributed by atoms with Gasteiger partial charge in [0.05, 0.1) is 33.9 Å². The summed E-state index contributed by atoms with van der Waals surface area (Å²) in [6, 6.07) is 15.8. The molecule has 1 atom stereocenters. The van der Waals surface area contributed by atoms with Crippen LogP contribution in [-0.2, 0) is 14.3 Å². The number of nitriles is 1. The number of para-hydroxylation sites is 1. The van der Waals surface area contributed by atoms with E-state index >= 15 is 0 Å². The maximum Gasteiger partial charge on any atom is 0.337 e. The Morgan fingerprint density at radius 1 is 1.14 bits per heavy atom. The number of esters is 1. The molecule has 0 saturated carbocycles. The summed E-state index contributed by atoms with van der Waals surface area (Å²) < 4.78 is 5.33. The summed E-state index contributed by atoms with van der Waals surface area (Å²) in [5, 5.41) is 16.8. The molecule has 0 spiro atoms. The molecule has 2 aromatic rings. The van der Waals surface area contributed by atoms with Crippen LogP contribution in [0.25, 0.3) is 0 Å². The van der Waals surface area contributed by atoms with Gasteiger partial charge in [0.15, 0.2) is 0 Å². The summed E-state index contributed by atoms with van der Waals surface area (Å²) in [7, 11) is 0. The lowest BCUT2D eigenvalue weighted by atomic mass is 9.82. The summed E-state index contributed by atoms with van der Waals surface area (Å²) in [5.74, 6) is -1.19. The maximum absolute atomic E-state index is 12.9. The third-order valence-electron chi connectivity index (χ3n) is 5.70. The molecule has 0 fully saturated rings. The van der Waals surface area contributed by atoms with Crippen molar-refractivity contribution >= 4 is 29.3 Å². The number of hydrogen-bond acceptors (Lipinski definition) is 6. The number of nitrogens with one attached hydrogen (secondary N) is 2. The van der Waals surface area contributed by atoms with E-state index in [1.54, 1.807) is 6.92 Å². The van der Waals surface area contributed by atoms with Crippen molar-refractivity contribution in [1.29, 1.82) is 5.26 Å². The first-order chi connectivity index (χ1) is 16.8. The molecule has 0 aromatic heterocycles. The number of carbonyl (C=O) groups is 2. The molecule has 2 N–H and O–H groups in total. The molecular formula is C28H29N3O3S. The van der Waals surface area contributed by atoms with Gasteiger partial charge in [-0.05, 0) is 44.4 Å². The molecule has 0 aliphatic carbocycles. The van der Waals surface area contributed by atoms with Gasteiger partial charge >= 0.3 is 5.97 Å². The second kappa shape index (κ2) is 11.6. The highest BCUT2D eigenvalue weighted by Crippen LogP contribution is 2.41. The predicted molar refractivity (Wildman–Crippen MR) is 141 cm³/mol. The van der Waals surface area contributed by atoms with E-state index < -0.39 is 11.9 Å². The normalized spacial score (nSPS) is 15.2. The molecule has 1 aliphatic heterocycles. The first-order valence-corrected chi connectivity index (χ1v) is 12.2. The van der Waals surface area contributed by atoms with Gasteiger partial charge in [-0.15, -0.1) is 0 Å². The van der Waals surface area contributed by atoms with E-state index in [0.717, 1.165) is 27.9 Å². The Bertz CT molecular complexity index is 1230. The van der Waals surface area contributed by atoms with E-state index in [9.17, 15) is 14.9 Å². The van der Waals surface area contributed by atoms with Gasteiger partial charge in [-0.1, -0.05) is 72.4 Å². The van der Waals surface area contributed by atoms with Crippen molar-refractivity contribution in [3.05, 3.63) is 99.2 Å². The Hall–Kier alpha value is -3.76. The quantitative estimate of drug-likeness (QED) is 0.382. The van der Waals surface area contributed by atoms with E-state index in [2.05, 4.69) is 23.3 Å². The minimum Gasteiger partial charge on any atom is -0.458 e. The summed E-state index contributed by atoms with van der Waals surface area (Å²) in [6.45, 7) is 11.3. The van der Waals surface area contributed by atoms with Crippen LogP contribution in [0.4, 0.5) is 5.69 Å². The fourth-order valence-corrected chi connectivity index (χ4v) is 4.82. The largest absolute Gasteiger partial charge is 0.458 e. The zero-order valence-electron chi connectivity index (χ0n) is 20.4. The van der Waals surface area contributed by atoms with E-state index in [1.165, 1.54) is 17.8 Å². The molecule has 6 nitrogen and oxygen atoms in total. The van der Waals surface area contributed by atoms with Crippen LogP contribution in [0.5, 0.6) is 0 Å². The van der Waals surface area contributed by atoms with Crippen molar-refractivity contribution < 1.29 is 14.3 Å². The van der Waals surface area contributed by atoms with Crippen molar-refractivity contribution in [3.63, 3.8) is 0 Å². The lowest BCUT2D eigenvalue weighted by Gasteiger charge is -2.29. The minimum atomic E-state index is -0.608. The molecule has 2 aromatic carbocycles. The third kappa shape index (κ3) is 6.03. The second-order valence-corrected chi connectivity index (χ2v) is 9.34. The summed E-state index contributed by atoms with van der Waals surface area (Å²) in [4.78, 5) is 25.7. The smallest absolute Gasteiger partial charge is 0.337 e. The van der Waals surface area contributed by atoms with Crippen LogP contribution in [0, 0.1) is 32.1 Å². The van der Waals surface area contributed by atoms with E-state index in [0.29, 0.717) is 21.9 Å². The second-order valence-electron chi connectivity index (χ2n) is 8.35. The molecule has 1 heterocycles. The zero-order valence-corrected chi connectivity index (χ0v) is 21.2. The number of ether oxygens (including phenoxy) is 1. The fourth-order valence-electron chi connectivity index (χ4n) is 3.93. The third-order valence-corrected chi connectivity index (χ3v) is 6.72. The van der Waals surface area contributed by atoms with Crippen molar-refractivity contribution in [2.45, 2.75) is 33.6 Å². The molecule has 1 unspecified atom stereocenters. The van der Waals surface area contributed by atoms with Crippen LogP contribution >= 0.6 is 11.8 Å². The number of anilines is 1. The predicted octanol–water partition coefficient (Wildman–Crippen LogP) is 5.41. The van der Waals surface area contributed by atoms with Gasteiger partial charge in [0.25, 0.3) is 0 Å². The molecule has 1 amide bonds. The first kappa shape index (κ1) is 25.9.